The summed E-state index contributed by atoms with van der Waals surface area (Å²) in [5.41, 5.74) is 5.67. The van der Waals surface area contributed by atoms with Gasteiger partial charge in [0.15, 0.2) is 9.84 Å². The lowest BCUT2D eigenvalue weighted by Crippen LogP contribution is -2.27. The van der Waals surface area contributed by atoms with Crippen molar-refractivity contribution in [2.24, 2.45) is 5.73 Å². The number of hydrogen-bond acceptors (Lipinski definition) is 3. The van der Waals surface area contributed by atoms with Crippen LogP contribution in [-0.4, -0.2) is 20.2 Å². The minimum atomic E-state index is -3.33. The maximum atomic E-state index is 13.1. The van der Waals surface area contributed by atoms with Crippen LogP contribution in [0.2, 0.25) is 5.02 Å². The first-order valence-corrected chi connectivity index (χ1v) is 6.81. The summed E-state index contributed by atoms with van der Waals surface area (Å²) in [4.78, 5) is 0. The molecule has 0 aliphatic carbocycles. The fraction of sp³-hybridized carbons (Fsp3) is 0.400. The van der Waals surface area contributed by atoms with Gasteiger partial charge < -0.3 is 5.73 Å². The van der Waals surface area contributed by atoms with Gasteiger partial charge in [-0.05, 0) is 24.6 Å². The van der Waals surface area contributed by atoms with Crippen molar-refractivity contribution in [3.05, 3.63) is 34.6 Å². The van der Waals surface area contributed by atoms with E-state index in [2.05, 4.69) is 0 Å². The molecule has 0 amide bonds. The van der Waals surface area contributed by atoms with Crippen LogP contribution in [0.1, 0.15) is 12.5 Å². The zero-order valence-electron chi connectivity index (χ0n) is 8.78. The van der Waals surface area contributed by atoms with E-state index in [0.29, 0.717) is 5.56 Å². The average Bonchev–Trinajstić information content (AvgIpc) is 2.22. The quantitative estimate of drug-likeness (QED) is 0.902. The summed E-state index contributed by atoms with van der Waals surface area (Å²) >= 11 is 5.50. The SMILES string of the molecule is CC(CN)S(=O)(=O)Cc1ccc(Cl)c(F)c1. The second-order valence-electron chi connectivity index (χ2n) is 3.60. The van der Waals surface area contributed by atoms with E-state index in [-0.39, 0.29) is 17.3 Å². The molecule has 3 nitrogen and oxygen atoms in total. The summed E-state index contributed by atoms with van der Waals surface area (Å²) in [6.07, 6.45) is 0. The van der Waals surface area contributed by atoms with E-state index in [1.807, 2.05) is 0 Å². The van der Waals surface area contributed by atoms with Gasteiger partial charge in [-0.2, -0.15) is 0 Å². The van der Waals surface area contributed by atoms with Crippen LogP contribution >= 0.6 is 11.6 Å². The van der Waals surface area contributed by atoms with Crippen molar-refractivity contribution >= 4 is 21.4 Å². The average molecular weight is 266 g/mol. The van der Waals surface area contributed by atoms with Crippen LogP contribution in [0, 0.1) is 5.82 Å². The molecule has 0 radical (unpaired) electrons. The van der Waals surface area contributed by atoms with Gasteiger partial charge in [0.1, 0.15) is 5.82 Å². The summed E-state index contributed by atoms with van der Waals surface area (Å²) in [6, 6.07) is 3.96. The van der Waals surface area contributed by atoms with Crippen molar-refractivity contribution < 1.29 is 12.8 Å². The van der Waals surface area contributed by atoms with Crippen molar-refractivity contribution in [2.45, 2.75) is 17.9 Å². The molecule has 0 spiro atoms. The Bertz CT molecular complexity index is 476. The summed E-state index contributed by atoms with van der Waals surface area (Å²) in [7, 11) is -3.33. The van der Waals surface area contributed by atoms with Gasteiger partial charge in [0.25, 0.3) is 0 Å². The first kappa shape index (κ1) is 13.4. The molecule has 1 rings (SSSR count). The number of nitrogens with two attached hydrogens (primary N) is 1. The van der Waals surface area contributed by atoms with Crippen LogP contribution in [0.5, 0.6) is 0 Å². The van der Waals surface area contributed by atoms with Crippen LogP contribution in [0.25, 0.3) is 0 Å². The fourth-order valence-corrected chi connectivity index (χ4v) is 2.49. The van der Waals surface area contributed by atoms with Crippen molar-refractivity contribution in [3.8, 4) is 0 Å². The number of benzene rings is 1. The van der Waals surface area contributed by atoms with E-state index >= 15 is 0 Å². The molecule has 0 saturated carbocycles. The molecule has 1 unspecified atom stereocenters. The Labute approximate surface area is 99.3 Å². The number of sulfone groups is 1. The molecular weight excluding hydrogens is 253 g/mol. The smallest absolute Gasteiger partial charge is 0.158 e. The monoisotopic (exact) mass is 265 g/mol. The highest BCUT2D eigenvalue weighted by atomic mass is 35.5. The van der Waals surface area contributed by atoms with Crippen molar-refractivity contribution in [1.82, 2.24) is 0 Å². The number of hydrogen-bond donors (Lipinski definition) is 1. The van der Waals surface area contributed by atoms with E-state index in [0.717, 1.165) is 6.07 Å². The van der Waals surface area contributed by atoms with Crippen LogP contribution in [0.4, 0.5) is 4.39 Å². The lowest BCUT2D eigenvalue weighted by Gasteiger charge is -2.10. The Morgan fingerprint density at radius 3 is 2.62 bits per heavy atom. The van der Waals surface area contributed by atoms with Gasteiger partial charge in [-0.1, -0.05) is 17.7 Å². The normalized spacial score (nSPS) is 13.8. The van der Waals surface area contributed by atoms with Gasteiger partial charge in [0.05, 0.1) is 16.0 Å². The Kier molecular flexibility index (Phi) is 4.29. The van der Waals surface area contributed by atoms with Gasteiger partial charge in [0, 0.05) is 6.54 Å². The second kappa shape index (κ2) is 5.12. The van der Waals surface area contributed by atoms with E-state index in [1.54, 1.807) is 0 Å². The molecule has 6 heteroatoms. The van der Waals surface area contributed by atoms with Gasteiger partial charge in [0.2, 0.25) is 0 Å². The first-order valence-electron chi connectivity index (χ1n) is 4.72. The predicted molar refractivity (Wildman–Crippen MR) is 62.6 cm³/mol. The molecule has 1 aromatic carbocycles. The van der Waals surface area contributed by atoms with E-state index in [4.69, 9.17) is 17.3 Å². The molecular formula is C10H13ClFNO2S. The van der Waals surface area contributed by atoms with Gasteiger partial charge >= 0.3 is 0 Å². The van der Waals surface area contributed by atoms with Gasteiger partial charge in [-0.15, -0.1) is 0 Å². The van der Waals surface area contributed by atoms with Crippen molar-refractivity contribution in [2.75, 3.05) is 6.54 Å². The summed E-state index contributed by atoms with van der Waals surface area (Å²) in [5.74, 6) is -0.839. The molecule has 1 atom stereocenters. The van der Waals surface area contributed by atoms with Crippen LogP contribution in [-0.2, 0) is 15.6 Å². The minimum absolute atomic E-state index is 0.0204. The first-order chi connectivity index (χ1) is 7.36. The molecule has 0 saturated heterocycles. The highest BCUT2D eigenvalue weighted by Crippen LogP contribution is 2.18. The van der Waals surface area contributed by atoms with E-state index in [9.17, 15) is 12.8 Å². The maximum absolute atomic E-state index is 13.1. The number of halogens is 2. The van der Waals surface area contributed by atoms with E-state index < -0.39 is 20.9 Å². The standard InChI is InChI=1S/C10H13ClFNO2S/c1-7(5-13)16(14,15)6-8-2-3-9(11)10(12)4-8/h2-4,7H,5-6,13H2,1H3. The van der Waals surface area contributed by atoms with Crippen molar-refractivity contribution in [1.29, 1.82) is 0 Å². The molecule has 0 heterocycles. The minimum Gasteiger partial charge on any atom is -0.329 e. The topological polar surface area (TPSA) is 60.2 Å². The molecule has 0 aliphatic heterocycles. The Balaban J connectivity index is 2.93. The third kappa shape index (κ3) is 3.17. The molecule has 16 heavy (non-hydrogen) atoms. The summed E-state index contributed by atoms with van der Waals surface area (Å²) in [6.45, 7) is 1.58. The zero-order valence-corrected chi connectivity index (χ0v) is 10.4. The van der Waals surface area contributed by atoms with E-state index in [1.165, 1.54) is 19.1 Å². The lowest BCUT2D eigenvalue weighted by molar-refractivity contribution is 0.582. The second-order valence-corrected chi connectivity index (χ2v) is 6.43. The van der Waals surface area contributed by atoms with Gasteiger partial charge in [-0.25, -0.2) is 12.8 Å². The molecule has 2 N–H and O–H groups in total. The zero-order chi connectivity index (χ0) is 12.3. The summed E-state index contributed by atoms with van der Waals surface area (Å²) in [5, 5.41) is -0.653. The molecule has 90 valence electrons. The molecule has 0 fully saturated rings. The Morgan fingerprint density at radius 1 is 1.50 bits per heavy atom. The highest BCUT2D eigenvalue weighted by Gasteiger charge is 2.20. The lowest BCUT2D eigenvalue weighted by atomic mass is 10.2. The molecule has 1 aromatic rings. The van der Waals surface area contributed by atoms with Crippen molar-refractivity contribution in [3.63, 3.8) is 0 Å². The molecule has 0 bridgehead atoms. The fourth-order valence-electron chi connectivity index (χ4n) is 1.15. The molecule has 0 aliphatic rings. The van der Waals surface area contributed by atoms with Gasteiger partial charge in [-0.3, -0.25) is 0 Å². The predicted octanol–water partition coefficient (Wildman–Crippen LogP) is 1.74. The number of rotatable bonds is 4. The van der Waals surface area contributed by atoms with Crippen LogP contribution in [0.15, 0.2) is 18.2 Å². The summed E-state index contributed by atoms with van der Waals surface area (Å²) < 4.78 is 36.5. The molecule has 0 aromatic heterocycles. The maximum Gasteiger partial charge on any atom is 0.158 e. The Morgan fingerprint density at radius 2 is 2.12 bits per heavy atom. The third-order valence-corrected chi connectivity index (χ3v) is 4.76. The highest BCUT2D eigenvalue weighted by molar-refractivity contribution is 7.91. The Hall–Kier alpha value is -0.650. The van der Waals surface area contributed by atoms with Crippen LogP contribution < -0.4 is 5.73 Å². The largest absolute Gasteiger partial charge is 0.329 e. The third-order valence-electron chi connectivity index (χ3n) is 2.30. The van der Waals surface area contributed by atoms with Crippen LogP contribution in [0.3, 0.4) is 0 Å².